The van der Waals surface area contributed by atoms with E-state index in [1.165, 1.54) is 51.4 Å². The molecule has 1 amide bonds. The van der Waals surface area contributed by atoms with Crippen LogP contribution in [-0.2, 0) is 24.3 Å². The second kappa shape index (κ2) is 19.2. The maximum Gasteiger partial charge on any atom is 0.411 e. The van der Waals surface area contributed by atoms with Crippen molar-refractivity contribution in [3.8, 4) is 0 Å². The fourth-order valence-corrected chi connectivity index (χ4v) is 5.10. The Bertz CT molecular complexity index is 895. The molecule has 1 saturated heterocycles. The van der Waals surface area contributed by atoms with Gasteiger partial charge in [-0.2, -0.15) is 8.42 Å². The number of amides is 1. The van der Waals surface area contributed by atoms with Gasteiger partial charge in [-0.05, 0) is 49.9 Å². The molecule has 0 radical (unpaired) electrons. The number of hydrogen-bond donors (Lipinski definition) is 2. The van der Waals surface area contributed by atoms with Gasteiger partial charge in [0.2, 0.25) is 0 Å². The highest BCUT2D eigenvalue weighted by Gasteiger charge is 2.26. The minimum absolute atomic E-state index is 0.136. The number of anilines is 2. The van der Waals surface area contributed by atoms with Crippen LogP contribution in [0.1, 0.15) is 97.3 Å². The van der Waals surface area contributed by atoms with Gasteiger partial charge in [-0.25, -0.2) is 4.79 Å². The first-order chi connectivity index (χ1) is 18.8. The van der Waals surface area contributed by atoms with Crippen molar-refractivity contribution in [1.82, 2.24) is 0 Å². The molecule has 0 aliphatic carbocycles. The first-order valence-electron chi connectivity index (χ1n) is 14.8. The standard InChI is InChI=1S/C29H50N2O7S/c1-3-5-7-8-9-10-11-12-13-15-28-36-23-27(38-28)24-37-29(32)30-25-16-18-26(19-17-25)31(20-6-4-2)21-14-22-39(33,34)35/h16-19,27-28H,3-15,20-24H2,1-2H3,(H,30,32)(H,33,34,35). The molecular formula is C29H50N2O7S. The Kier molecular flexibility index (Phi) is 16.4. The number of nitrogens with zero attached hydrogens (tertiary/aromatic N) is 1. The van der Waals surface area contributed by atoms with Crippen LogP contribution < -0.4 is 10.2 Å². The number of ether oxygens (including phenoxy) is 3. The second-order valence-corrected chi connectivity index (χ2v) is 12.0. The van der Waals surface area contributed by atoms with Crippen molar-refractivity contribution < 1.29 is 32.0 Å². The third-order valence-electron chi connectivity index (χ3n) is 6.85. The van der Waals surface area contributed by atoms with Crippen LogP contribution in [-0.4, -0.2) is 63.5 Å². The monoisotopic (exact) mass is 570 g/mol. The summed E-state index contributed by atoms with van der Waals surface area (Å²) in [5, 5.41) is 2.73. The Hall–Kier alpha value is -1.88. The quantitative estimate of drug-likeness (QED) is 0.123. The van der Waals surface area contributed by atoms with Crippen LogP contribution in [0.2, 0.25) is 0 Å². The predicted octanol–water partition coefficient (Wildman–Crippen LogP) is 6.78. The molecule has 1 fully saturated rings. The summed E-state index contributed by atoms with van der Waals surface area (Å²) in [5.41, 5.74) is 1.52. The van der Waals surface area contributed by atoms with Gasteiger partial charge in [0.15, 0.2) is 6.29 Å². The van der Waals surface area contributed by atoms with E-state index in [1.807, 2.05) is 12.1 Å². The van der Waals surface area contributed by atoms with Crippen molar-refractivity contribution in [3.05, 3.63) is 24.3 Å². The van der Waals surface area contributed by atoms with E-state index in [9.17, 15) is 13.2 Å². The van der Waals surface area contributed by atoms with Gasteiger partial charge in [-0.3, -0.25) is 9.87 Å². The van der Waals surface area contributed by atoms with Crippen molar-refractivity contribution in [2.24, 2.45) is 0 Å². The summed E-state index contributed by atoms with van der Waals surface area (Å²) in [5.74, 6) is -0.267. The molecule has 1 aromatic rings. The number of hydrogen-bond acceptors (Lipinski definition) is 7. The van der Waals surface area contributed by atoms with Crippen LogP contribution >= 0.6 is 0 Å². The molecule has 1 aromatic carbocycles. The zero-order valence-corrected chi connectivity index (χ0v) is 24.8. The van der Waals surface area contributed by atoms with Gasteiger partial charge in [0, 0.05) is 24.5 Å². The topological polar surface area (TPSA) is 114 Å². The van der Waals surface area contributed by atoms with E-state index in [4.69, 9.17) is 18.8 Å². The van der Waals surface area contributed by atoms with E-state index in [0.29, 0.717) is 25.3 Å². The molecule has 2 atom stereocenters. The van der Waals surface area contributed by atoms with Gasteiger partial charge in [0.05, 0.1) is 12.4 Å². The molecule has 0 spiro atoms. The predicted molar refractivity (Wildman–Crippen MR) is 156 cm³/mol. The van der Waals surface area contributed by atoms with Crippen molar-refractivity contribution in [1.29, 1.82) is 0 Å². The number of carbonyl (C=O) groups is 1. The van der Waals surface area contributed by atoms with E-state index in [-0.39, 0.29) is 24.8 Å². The Morgan fingerprint density at radius 2 is 1.56 bits per heavy atom. The summed E-state index contributed by atoms with van der Waals surface area (Å²) < 4.78 is 48.0. The fourth-order valence-electron chi connectivity index (χ4n) is 4.60. The first kappa shape index (κ1) is 33.3. The van der Waals surface area contributed by atoms with Gasteiger partial charge in [0.25, 0.3) is 10.1 Å². The maximum absolute atomic E-state index is 12.3. The van der Waals surface area contributed by atoms with Crippen LogP contribution in [0.25, 0.3) is 0 Å². The lowest BCUT2D eigenvalue weighted by Crippen LogP contribution is -2.27. The number of nitrogens with one attached hydrogen (secondary N) is 1. The smallest absolute Gasteiger partial charge is 0.411 e. The number of carbonyl (C=O) groups excluding carboxylic acids is 1. The number of rotatable bonds is 21. The molecule has 2 rings (SSSR count). The molecule has 0 saturated carbocycles. The molecule has 1 heterocycles. The fraction of sp³-hybridized carbons (Fsp3) is 0.759. The average molecular weight is 571 g/mol. The van der Waals surface area contributed by atoms with Gasteiger partial charge in [0.1, 0.15) is 12.7 Å². The molecule has 224 valence electrons. The summed E-state index contributed by atoms with van der Waals surface area (Å²) >= 11 is 0. The minimum atomic E-state index is -3.97. The van der Waals surface area contributed by atoms with Gasteiger partial charge in [-0.15, -0.1) is 0 Å². The molecule has 0 bridgehead atoms. The van der Waals surface area contributed by atoms with Crippen molar-refractivity contribution in [2.75, 3.05) is 42.3 Å². The Morgan fingerprint density at radius 1 is 0.949 bits per heavy atom. The van der Waals surface area contributed by atoms with Crippen molar-refractivity contribution in [3.63, 3.8) is 0 Å². The van der Waals surface area contributed by atoms with Crippen molar-refractivity contribution >= 4 is 27.6 Å². The summed E-state index contributed by atoms with van der Waals surface area (Å²) in [6, 6.07) is 7.33. The summed E-state index contributed by atoms with van der Waals surface area (Å²) in [6.45, 7) is 6.19. The zero-order valence-electron chi connectivity index (χ0n) is 23.9. The third-order valence-corrected chi connectivity index (χ3v) is 7.65. The normalized spacial score (nSPS) is 17.3. The van der Waals surface area contributed by atoms with Crippen LogP contribution in [0.4, 0.5) is 16.2 Å². The molecular weight excluding hydrogens is 520 g/mol. The van der Waals surface area contributed by atoms with Crippen molar-refractivity contribution in [2.45, 2.75) is 110 Å². The van der Waals surface area contributed by atoms with Gasteiger partial charge in [-0.1, -0.05) is 71.6 Å². The summed E-state index contributed by atoms with van der Waals surface area (Å²) in [6.07, 6.45) is 13.7. The van der Waals surface area contributed by atoms with Crippen LogP contribution in [0.15, 0.2) is 24.3 Å². The molecule has 9 nitrogen and oxygen atoms in total. The Balaban J connectivity index is 1.63. The molecule has 0 aromatic heterocycles. The highest BCUT2D eigenvalue weighted by molar-refractivity contribution is 7.85. The highest BCUT2D eigenvalue weighted by atomic mass is 32.2. The highest BCUT2D eigenvalue weighted by Crippen LogP contribution is 2.21. The van der Waals surface area contributed by atoms with E-state index < -0.39 is 16.2 Å². The SMILES string of the molecule is CCCCCCCCCCCC1OCC(COC(=O)Nc2ccc(N(CCCC)CCCS(=O)(=O)O)cc2)O1. The molecule has 1 aliphatic rings. The van der Waals surface area contributed by atoms with Crippen LogP contribution in [0, 0.1) is 0 Å². The molecule has 2 unspecified atom stereocenters. The van der Waals surface area contributed by atoms with E-state index in [0.717, 1.165) is 37.9 Å². The minimum Gasteiger partial charge on any atom is -0.446 e. The number of unbranched alkanes of at least 4 members (excludes halogenated alkanes) is 9. The van der Waals surface area contributed by atoms with Gasteiger partial charge < -0.3 is 19.1 Å². The maximum atomic E-state index is 12.3. The lowest BCUT2D eigenvalue weighted by atomic mass is 10.1. The average Bonchev–Trinajstić information content (AvgIpc) is 3.36. The Morgan fingerprint density at radius 3 is 2.21 bits per heavy atom. The summed E-state index contributed by atoms with van der Waals surface area (Å²) in [7, 11) is -3.97. The molecule has 2 N–H and O–H groups in total. The van der Waals surface area contributed by atoms with Gasteiger partial charge >= 0.3 is 6.09 Å². The molecule has 1 aliphatic heterocycles. The lowest BCUT2D eigenvalue weighted by Gasteiger charge is -2.25. The largest absolute Gasteiger partial charge is 0.446 e. The van der Waals surface area contributed by atoms with E-state index >= 15 is 0 Å². The van der Waals surface area contributed by atoms with Crippen LogP contribution in [0.5, 0.6) is 0 Å². The number of benzene rings is 1. The first-order valence-corrected chi connectivity index (χ1v) is 16.4. The molecule has 39 heavy (non-hydrogen) atoms. The van der Waals surface area contributed by atoms with E-state index in [2.05, 4.69) is 24.1 Å². The third kappa shape index (κ3) is 15.5. The lowest BCUT2D eigenvalue weighted by molar-refractivity contribution is -0.0705. The Labute approximate surface area is 235 Å². The molecule has 10 heteroatoms. The second-order valence-electron chi connectivity index (χ2n) is 10.4. The summed E-state index contributed by atoms with van der Waals surface area (Å²) in [4.78, 5) is 14.4. The van der Waals surface area contributed by atoms with Crippen LogP contribution in [0.3, 0.4) is 0 Å². The zero-order chi connectivity index (χ0) is 28.3. The van der Waals surface area contributed by atoms with E-state index in [1.54, 1.807) is 12.1 Å².